The lowest BCUT2D eigenvalue weighted by molar-refractivity contribution is 0.0501. The molecule has 0 saturated heterocycles. The molecule has 2 aromatic rings. The Morgan fingerprint density at radius 1 is 1.43 bits per heavy atom. The lowest BCUT2D eigenvalue weighted by Crippen LogP contribution is -2.38. The Bertz CT molecular complexity index is 657. The highest BCUT2D eigenvalue weighted by Gasteiger charge is 2.14. The minimum Gasteiger partial charge on any atom is -0.389 e. The number of methoxy groups -OCH3 is 1. The number of hydrogen-bond acceptors (Lipinski definition) is 4. The maximum atomic E-state index is 12.2. The topological polar surface area (TPSA) is 61.8 Å². The molecular formula is C17H22N2O3S. The number of thiophene rings is 1. The zero-order valence-electron chi connectivity index (χ0n) is 13.6. The fourth-order valence-electron chi connectivity index (χ4n) is 2.27. The molecule has 0 fully saturated rings. The molecule has 0 saturated carbocycles. The Kier molecular flexibility index (Phi) is 6.15. The van der Waals surface area contributed by atoms with Crippen LogP contribution in [0.25, 0.3) is 10.4 Å². The number of urea groups is 1. The summed E-state index contributed by atoms with van der Waals surface area (Å²) in [6.07, 6.45) is -0.698. The minimum atomic E-state index is -0.698. The number of aliphatic hydroxyl groups excluding tert-OH is 1. The first-order valence-electron chi connectivity index (χ1n) is 7.35. The van der Waals surface area contributed by atoms with E-state index in [4.69, 9.17) is 4.74 Å². The number of amides is 2. The summed E-state index contributed by atoms with van der Waals surface area (Å²) in [6, 6.07) is 9.57. The van der Waals surface area contributed by atoms with E-state index in [0.717, 1.165) is 11.3 Å². The van der Waals surface area contributed by atoms with Gasteiger partial charge < -0.3 is 20.1 Å². The molecule has 1 aromatic heterocycles. The molecule has 1 unspecified atom stereocenters. The first-order chi connectivity index (χ1) is 11.0. The van der Waals surface area contributed by atoms with Gasteiger partial charge in [-0.05, 0) is 41.6 Å². The number of carbonyl (C=O) groups excluding carboxylic acids is 1. The number of anilines is 1. The van der Waals surface area contributed by atoms with E-state index in [9.17, 15) is 9.90 Å². The second-order valence-electron chi connectivity index (χ2n) is 5.43. The van der Waals surface area contributed by atoms with E-state index in [0.29, 0.717) is 0 Å². The van der Waals surface area contributed by atoms with Crippen LogP contribution in [0.3, 0.4) is 0 Å². The first kappa shape index (κ1) is 17.5. The zero-order chi connectivity index (χ0) is 16.8. The van der Waals surface area contributed by atoms with E-state index < -0.39 is 6.10 Å². The van der Waals surface area contributed by atoms with Crippen molar-refractivity contribution in [3.8, 4) is 10.4 Å². The Labute approximate surface area is 140 Å². The highest BCUT2D eigenvalue weighted by atomic mass is 32.1. The number of hydrogen-bond donors (Lipinski definition) is 2. The van der Waals surface area contributed by atoms with Crippen LogP contribution in [-0.2, 0) is 4.74 Å². The SMILES string of the molecule is COCC(O)CN(C)C(=O)Nc1cccc(-c2sccc2C)c1. The summed E-state index contributed by atoms with van der Waals surface area (Å²) in [7, 11) is 3.16. The molecule has 2 amide bonds. The first-order valence-corrected chi connectivity index (χ1v) is 8.23. The average molecular weight is 334 g/mol. The Morgan fingerprint density at radius 2 is 2.22 bits per heavy atom. The van der Waals surface area contributed by atoms with Gasteiger partial charge in [-0.3, -0.25) is 0 Å². The van der Waals surface area contributed by atoms with Crippen LogP contribution >= 0.6 is 11.3 Å². The van der Waals surface area contributed by atoms with Crippen LogP contribution in [0.4, 0.5) is 10.5 Å². The van der Waals surface area contributed by atoms with Crippen LogP contribution in [0, 0.1) is 6.92 Å². The van der Waals surface area contributed by atoms with E-state index in [1.54, 1.807) is 18.4 Å². The van der Waals surface area contributed by atoms with Crippen LogP contribution in [0.1, 0.15) is 5.56 Å². The van der Waals surface area contributed by atoms with Gasteiger partial charge in [0, 0.05) is 24.7 Å². The Morgan fingerprint density at radius 3 is 2.87 bits per heavy atom. The summed E-state index contributed by atoms with van der Waals surface area (Å²) >= 11 is 1.68. The summed E-state index contributed by atoms with van der Waals surface area (Å²) < 4.78 is 4.86. The van der Waals surface area contributed by atoms with Crippen molar-refractivity contribution in [1.82, 2.24) is 4.90 Å². The molecule has 0 aliphatic rings. The van der Waals surface area contributed by atoms with Crippen LogP contribution in [-0.4, -0.2) is 49.5 Å². The second-order valence-corrected chi connectivity index (χ2v) is 6.35. The van der Waals surface area contributed by atoms with Gasteiger partial charge in [0.1, 0.15) is 0 Å². The third kappa shape index (κ3) is 4.79. The molecular weight excluding hydrogens is 312 g/mol. The van der Waals surface area contributed by atoms with Gasteiger partial charge in [0.15, 0.2) is 0 Å². The van der Waals surface area contributed by atoms with Gasteiger partial charge in [-0.15, -0.1) is 11.3 Å². The fraction of sp³-hybridized carbons (Fsp3) is 0.353. The molecule has 1 heterocycles. The standard InChI is InChI=1S/C17H22N2O3S/c1-12-7-8-23-16(12)13-5-4-6-14(9-13)18-17(21)19(2)10-15(20)11-22-3/h4-9,15,20H,10-11H2,1-3H3,(H,18,21). The highest BCUT2D eigenvalue weighted by molar-refractivity contribution is 7.13. The highest BCUT2D eigenvalue weighted by Crippen LogP contribution is 2.30. The number of benzene rings is 1. The maximum absolute atomic E-state index is 12.2. The predicted octanol–water partition coefficient (Wildman–Crippen LogP) is 3.19. The molecule has 124 valence electrons. The number of nitrogens with zero attached hydrogens (tertiary/aromatic N) is 1. The summed E-state index contributed by atoms with van der Waals surface area (Å²) in [6.45, 7) is 2.48. The van der Waals surface area contributed by atoms with Crippen molar-refractivity contribution in [2.24, 2.45) is 0 Å². The van der Waals surface area contributed by atoms with E-state index in [1.165, 1.54) is 22.5 Å². The van der Waals surface area contributed by atoms with Crippen LogP contribution in [0.2, 0.25) is 0 Å². The molecule has 5 nitrogen and oxygen atoms in total. The zero-order valence-corrected chi connectivity index (χ0v) is 14.4. The van der Waals surface area contributed by atoms with Crippen molar-refractivity contribution in [2.45, 2.75) is 13.0 Å². The predicted molar refractivity (Wildman–Crippen MR) is 94.0 cm³/mol. The van der Waals surface area contributed by atoms with Crippen molar-refractivity contribution < 1.29 is 14.6 Å². The number of carbonyl (C=O) groups is 1. The Balaban J connectivity index is 2.03. The van der Waals surface area contributed by atoms with E-state index in [2.05, 4.69) is 23.7 Å². The van der Waals surface area contributed by atoms with E-state index in [1.807, 2.05) is 24.3 Å². The van der Waals surface area contributed by atoms with Gasteiger partial charge >= 0.3 is 6.03 Å². The number of aryl methyl sites for hydroxylation is 1. The third-order valence-electron chi connectivity index (χ3n) is 3.43. The minimum absolute atomic E-state index is 0.199. The van der Waals surface area contributed by atoms with Gasteiger partial charge in [-0.25, -0.2) is 4.79 Å². The summed E-state index contributed by atoms with van der Waals surface area (Å²) in [4.78, 5) is 14.8. The van der Waals surface area contributed by atoms with E-state index >= 15 is 0 Å². The van der Waals surface area contributed by atoms with Crippen molar-refractivity contribution >= 4 is 23.1 Å². The summed E-state index contributed by atoms with van der Waals surface area (Å²) in [5, 5.41) is 14.6. The number of ether oxygens (including phenoxy) is 1. The van der Waals surface area contributed by atoms with Crippen LogP contribution in [0.5, 0.6) is 0 Å². The maximum Gasteiger partial charge on any atom is 0.321 e. The molecule has 1 aromatic carbocycles. The monoisotopic (exact) mass is 334 g/mol. The molecule has 1 atom stereocenters. The van der Waals surface area contributed by atoms with Gasteiger partial charge in [-0.1, -0.05) is 12.1 Å². The van der Waals surface area contributed by atoms with E-state index in [-0.39, 0.29) is 19.2 Å². The number of rotatable bonds is 6. The number of likely N-dealkylation sites (N-methyl/N-ethyl adjacent to an activating group) is 1. The molecule has 2 rings (SSSR count). The molecule has 6 heteroatoms. The lowest BCUT2D eigenvalue weighted by atomic mass is 10.1. The van der Waals surface area contributed by atoms with Crippen LogP contribution in [0.15, 0.2) is 35.7 Å². The normalized spacial score (nSPS) is 12.0. The summed E-state index contributed by atoms with van der Waals surface area (Å²) in [5.74, 6) is 0. The van der Waals surface area contributed by atoms with Gasteiger partial charge in [0.25, 0.3) is 0 Å². The van der Waals surface area contributed by atoms with Crippen LogP contribution < -0.4 is 5.32 Å². The smallest absolute Gasteiger partial charge is 0.321 e. The molecule has 0 aliphatic carbocycles. The molecule has 0 aliphatic heterocycles. The molecule has 2 N–H and O–H groups in total. The third-order valence-corrected chi connectivity index (χ3v) is 4.49. The lowest BCUT2D eigenvalue weighted by Gasteiger charge is -2.21. The molecule has 0 spiro atoms. The number of nitrogens with one attached hydrogen (secondary N) is 1. The van der Waals surface area contributed by atoms with Crippen molar-refractivity contribution in [3.05, 3.63) is 41.3 Å². The Hall–Kier alpha value is -1.89. The second kappa shape index (κ2) is 8.10. The van der Waals surface area contributed by atoms with Gasteiger partial charge in [-0.2, -0.15) is 0 Å². The molecule has 0 bridgehead atoms. The van der Waals surface area contributed by atoms with Gasteiger partial charge in [0.2, 0.25) is 0 Å². The number of aliphatic hydroxyl groups is 1. The molecule has 23 heavy (non-hydrogen) atoms. The quantitative estimate of drug-likeness (QED) is 0.853. The van der Waals surface area contributed by atoms with Crippen molar-refractivity contribution in [1.29, 1.82) is 0 Å². The summed E-state index contributed by atoms with van der Waals surface area (Å²) in [5.41, 5.74) is 3.03. The fourth-order valence-corrected chi connectivity index (χ4v) is 3.19. The average Bonchev–Trinajstić information content (AvgIpc) is 2.93. The van der Waals surface area contributed by atoms with Gasteiger partial charge in [0.05, 0.1) is 19.3 Å². The largest absolute Gasteiger partial charge is 0.389 e. The molecule has 0 radical (unpaired) electrons. The van der Waals surface area contributed by atoms with Crippen molar-refractivity contribution in [3.63, 3.8) is 0 Å². The van der Waals surface area contributed by atoms with Crippen molar-refractivity contribution in [2.75, 3.05) is 32.6 Å².